The van der Waals surface area contributed by atoms with Gasteiger partial charge in [0.05, 0.1) is 18.2 Å². The highest BCUT2D eigenvalue weighted by molar-refractivity contribution is 7.08. The quantitative estimate of drug-likeness (QED) is 0.820. The van der Waals surface area contributed by atoms with Crippen LogP contribution < -0.4 is 0 Å². The molecule has 0 atom stereocenters. The Bertz CT molecular complexity index is 447. The maximum Gasteiger partial charge on any atom is 0.267 e. The molecule has 0 unspecified atom stereocenters. The molecule has 1 aromatic heterocycles. The van der Waals surface area contributed by atoms with Crippen LogP contribution in [-0.4, -0.2) is 33.0 Å². The fraction of sp³-hybridized carbons (Fsp3) is 0.667. The minimum absolute atomic E-state index is 0.0629. The molecular formula is C12H18N4OS. The molecule has 0 aliphatic rings. The predicted octanol–water partition coefficient (Wildman–Crippen LogP) is 2.43. The van der Waals surface area contributed by atoms with Crippen molar-refractivity contribution >= 4 is 17.4 Å². The first-order valence-electron chi connectivity index (χ1n) is 5.99. The van der Waals surface area contributed by atoms with Crippen molar-refractivity contribution in [3.8, 4) is 6.07 Å². The lowest BCUT2D eigenvalue weighted by Gasteiger charge is -2.25. The molecule has 0 aromatic carbocycles. The Morgan fingerprint density at radius 2 is 2.11 bits per heavy atom. The molecule has 0 fully saturated rings. The molecule has 0 saturated carbocycles. The van der Waals surface area contributed by atoms with Crippen LogP contribution in [0.1, 0.15) is 55.4 Å². The van der Waals surface area contributed by atoms with Gasteiger partial charge in [-0.1, -0.05) is 18.3 Å². The SMILES string of the molecule is CC(C)c1nnsc1C(=O)N(CCC#N)C(C)C. The lowest BCUT2D eigenvalue weighted by molar-refractivity contribution is 0.0713. The second-order valence-corrected chi connectivity index (χ2v) is 5.40. The summed E-state index contributed by atoms with van der Waals surface area (Å²) in [5.74, 6) is 0.103. The van der Waals surface area contributed by atoms with Gasteiger partial charge in [-0.3, -0.25) is 4.79 Å². The summed E-state index contributed by atoms with van der Waals surface area (Å²) in [5.41, 5.74) is 0.743. The highest BCUT2D eigenvalue weighted by Gasteiger charge is 2.25. The fourth-order valence-electron chi connectivity index (χ4n) is 1.62. The zero-order valence-corrected chi connectivity index (χ0v) is 12.0. The van der Waals surface area contributed by atoms with Crippen LogP contribution >= 0.6 is 11.5 Å². The first kappa shape index (κ1) is 14.6. The molecular weight excluding hydrogens is 248 g/mol. The van der Waals surface area contributed by atoms with E-state index in [1.54, 1.807) is 4.90 Å². The molecule has 5 nitrogen and oxygen atoms in total. The van der Waals surface area contributed by atoms with Gasteiger partial charge in [-0.15, -0.1) is 5.10 Å². The second-order valence-electron chi connectivity index (χ2n) is 4.64. The number of amides is 1. The topological polar surface area (TPSA) is 69.9 Å². The van der Waals surface area contributed by atoms with Gasteiger partial charge < -0.3 is 4.90 Å². The van der Waals surface area contributed by atoms with Crippen molar-refractivity contribution in [3.05, 3.63) is 10.6 Å². The monoisotopic (exact) mass is 266 g/mol. The average Bonchev–Trinajstić information content (AvgIpc) is 2.77. The van der Waals surface area contributed by atoms with Gasteiger partial charge in [-0.25, -0.2) is 0 Å². The molecule has 0 aliphatic carbocycles. The molecule has 0 saturated heterocycles. The molecule has 6 heteroatoms. The van der Waals surface area contributed by atoms with Crippen LogP contribution in [-0.2, 0) is 0 Å². The lowest BCUT2D eigenvalue weighted by Crippen LogP contribution is -2.37. The summed E-state index contributed by atoms with van der Waals surface area (Å²) >= 11 is 1.13. The van der Waals surface area contributed by atoms with Gasteiger partial charge in [0, 0.05) is 12.6 Å². The van der Waals surface area contributed by atoms with Crippen LogP contribution in [0, 0.1) is 11.3 Å². The van der Waals surface area contributed by atoms with E-state index in [0.717, 1.165) is 17.2 Å². The van der Waals surface area contributed by atoms with Crippen molar-refractivity contribution in [2.75, 3.05) is 6.54 Å². The van der Waals surface area contributed by atoms with Gasteiger partial charge >= 0.3 is 0 Å². The van der Waals surface area contributed by atoms with Crippen LogP contribution in [0.2, 0.25) is 0 Å². The smallest absolute Gasteiger partial charge is 0.267 e. The molecule has 18 heavy (non-hydrogen) atoms. The Kier molecular flexibility index (Phi) is 5.23. The third kappa shape index (κ3) is 3.26. The molecule has 1 amide bonds. The van der Waals surface area contributed by atoms with Crippen LogP contribution in [0.4, 0.5) is 0 Å². The van der Waals surface area contributed by atoms with E-state index in [-0.39, 0.29) is 17.9 Å². The summed E-state index contributed by atoms with van der Waals surface area (Å²) in [6, 6.07) is 2.13. The summed E-state index contributed by atoms with van der Waals surface area (Å²) in [6.07, 6.45) is 0.340. The van der Waals surface area contributed by atoms with Gasteiger partial charge in [0.1, 0.15) is 4.88 Å². The third-order valence-electron chi connectivity index (χ3n) is 2.60. The van der Waals surface area contributed by atoms with E-state index >= 15 is 0 Å². The molecule has 98 valence electrons. The summed E-state index contributed by atoms with van der Waals surface area (Å²) in [7, 11) is 0. The van der Waals surface area contributed by atoms with E-state index in [1.165, 1.54) is 0 Å². The van der Waals surface area contributed by atoms with E-state index in [0.29, 0.717) is 17.8 Å². The van der Waals surface area contributed by atoms with Crippen LogP contribution in [0.3, 0.4) is 0 Å². The highest BCUT2D eigenvalue weighted by Crippen LogP contribution is 2.22. The second kappa shape index (κ2) is 6.45. The third-order valence-corrected chi connectivity index (χ3v) is 3.33. The number of hydrogen-bond acceptors (Lipinski definition) is 5. The van der Waals surface area contributed by atoms with Gasteiger partial charge in [-0.2, -0.15) is 5.26 Å². The minimum atomic E-state index is -0.0704. The Morgan fingerprint density at radius 1 is 1.44 bits per heavy atom. The number of rotatable bonds is 5. The number of hydrogen-bond donors (Lipinski definition) is 0. The van der Waals surface area contributed by atoms with E-state index in [4.69, 9.17) is 5.26 Å². The molecule has 0 bridgehead atoms. The fourth-order valence-corrected chi connectivity index (χ4v) is 2.39. The van der Waals surface area contributed by atoms with Crippen molar-refractivity contribution in [3.63, 3.8) is 0 Å². The van der Waals surface area contributed by atoms with Crippen molar-refractivity contribution in [1.82, 2.24) is 14.5 Å². The number of carbonyl (C=O) groups is 1. The van der Waals surface area contributed by atoms with Crippen LogP contribution in [0.15, 0.2) is 0 Å². The zero-order chi connectivity index (χ0) is 13.7. The number of nitriles is 1. The predicted molar refractivity (Wildman–Crippen MR) is 70.4 cm³/mol. The van der Waals surface area contributed by atoms with Crippen LogP contribution in [0.5, 0.6) is 0 Å². The van der Waals surface area contributed by atoms with Gasteiger partial charge in [0.2, 0.25) is 0 Å². The lowest BCUT2D eigenvalue weighted by atomic mass is 10.1. The molecule has 1 rings (SSSR count). The van der Waals surface area contributed by atoms with Gasteiger partial charge in [0.15, 0.2) is 0 Å². The summed E-state index contributed by atoms with van der Waals surface area (Å²) in [5, 5.41) is 12.7. The Hall–Kier alpha value is -1.48. The number of carbonyl (C=O) groups excluding carboxylic acids is 1. The summed E-state index contributed by atoms with van der Waals surface area (Å²) in [4.78, 5) is 14.7. The van der Waals surface area contributed by atoms with E-state index in [2.05, 4.69) is 15.7 Å². The normalized spacial score (nSPS) is 10.7. The average molecular weight is 266 g/mol. The van der Waals surface area contributed by atoms with Crippen LogP contribution in [0.25, 0.3) is 0 Å². The minimum Gasteiger partial charge on any atom is -0.334 e. The Balaban J connectivity index is 2.95. The first-order chi connectivity index (χ1) is 8.49. The molecule has 1 aromatic rings. The Labute approximate surface area is 112 Å². The molecule has 0 N–H and O–H groups in total. The summed E-state index contributed by atoms with van der Waals surface area (Å²) in [6.45, 7) is 8.31. The number of aromatic nitrogens is 2. The first-order valence-corrected chi connectivity index (χ1v) is 6.76. The van der Waals surface area contributed by atoms with Gasteiger partial charge in [-0.05, 0) is 31.3 Å². The maximum atomic E-state index is 12.4. The summed E-state index contributed by atoms with van der Waals surface area (Å²) < 4.78 is 3.87. The Morgan fingerprint density at radius 3 is 2.61 bits per heavy atom. The van der Waals surface area contributed by atoms with Crippen molar-refractivity contribution in [2.24, 2.45) is 0 Å². The highest BCUT2D eigenvalue weighted by atomic mass is 32.1. The van der Waals surface area contributed by atoms with Crippen molar-refractivity contribution in [1.29, 1.82) is 5.26 Å². The standard InChI is InChI=1S/C12H18N4OS/c1-8(2)10-11(18-15-14-10)12(17)16(9(3)4)7-5-6-13/h8-9H,5,7H2,1-4H3. The zero-order valence-electron chi connectivity index (χ0n) is 11.2. The molecule has 0 radical (unpaired) electrons. The number of nitrogens with zero attached hydrogens (tertiary/aromatic N) is 4. The molecule has 0 aliphatic heterocycles. The van der Waals surface area contributed by atoms with E-state index in [1.807, 2.05) is 27.7 Å². The van der Waals surface area contributed by atoms with E-state index < -0.39 is 0 Å². The molecule has 0 spiro atoms. The molecule has 1 heterocycles. The maximum absolute atomic E-state index is 12.4. The van der Waals surface area contributed by atoms with Crippen molar-refractivity contribution < 1.29 is 4.79 Å². The van der Waals surface area contributed by atoms with Gasteiger partial charge in [0.25, 0.3) is 5.91 Å². The van der Waals surface area contributed by atoms with E-state index in [9.17, 15) is 4.79 Å². The van der Waals surface area contributed by atoms with Crippen molar-refractivity contribution in [2.45, 2.75) is 46.1 Å². The largest absolute Gasteiger partial charge is 0.334 e.